The van der Waals surface area contributed by atoms with Crippen molar-refractivity contribution >= 4 is 5.69 Å². The van der Waals surface area contributed by atoms with Crippen molar-refractivity contribution in [1.82, 2.24) is 0 Å². The van der Waals surface area contributed by atoms with Crippen LogP contribution in [-0.2, 0) is 0 Å². The molecule has 0 aliphatic rings. The molecule has 0 fully saturated rings. The fraction of sp³-hybridized carbons (Fsp3) is 0.250. The molecule has 2 aromatic rings. The fourth-order valence-electron chi connectivity index (χ4n) is 2.00. The third-order valence-electron chi connectivity index (χ3n) is 3.28. The first kappa shape index (κ1) is 13.4. The van der Waals surface area contributed by atoms with Gasteiger partial charge in [-0.15, -0.1) is 0 Å². The summed E-state index contributed by atoms with van der Waals surface area (Å²) in [4.78, 5) is 0. The Kier molecular flexibility index (Phi) is 3.74. The number of benzene rings is 2. The number of aromatic hydroxyl groups is 1. The summed E-state index contributed by atoms with van der Waals surface area (Å²) in [5.74, 6) is 0.0608. The van der Waals surface area contributed by atoms with Gasteiger partial charge in [0.1, 0.15) is 11.6 Å². The molecule has 19 heavy (non-hydrogen) atoms. The zero-order valence-corrected chi connectivity index (χ0v) is 11.4. The Hall–Kier alpha value is -2.03. The summed E-state index contributed by atoms with van der Waals surface area (Å²) in [5.41, 5.74) is 3.44. The van der Waals surface area contributed by atoms with E-state index < -0.39 is 0 Å². The minimum Gasteiger partial charge on any atom is -0.508 e. The van der Waals surface area contributed by atoms with Crippen molar-refractivity contribution in [3.8, 4) is 5.75 Å². The van der Waals surface area contributed by atoms with Crippen molar-refractivity contribution in [2.24, 2.45) is 0 Å². The van der Waals surface area contributed by atoms with E-state index in [1.165, 1.54) is 0 Å². The Morgan fingerprint density at radius 2 is 1.79 bits per heavy atom. The summed E-state index contributed by atoms with van der Waals surface area (Å²) in [6, 6.07) is 10.4. The van der Waals surface area contributed by atoms with Crippen LogP contribution in [0.15, 0.2) is 36.4 Å². The van der Waals surface area contributed by atoms with Crippen LogP contribution in [0.5, 0.6) is 5.75 Å². The van der Waals surface area contributed by atoms with Crippen molar-refractivity contribution in [1.29, 1.82) is 0 Å². The van der Waals surface area contributed by atoms with Gasteiger partial charge in [-0.1, -0.05) is 12.1 Å². The summed E-state index contributed by atoms with van der Waals surface area (Å²) < 4.78 is 13.5. The zero-order valence-electron chi connectivity index (χ0n) is 11.4. The quantitative estimate of drug-likeness (QED) is 0.804. The Balaban J connectivity index is 2.20. The Morgan fingerprint density at radius 1 is 1.05 bits per heavy atom. The molecule has 1 atom stereocenters. The summed E-state index contributed by atoms with van der Waals surface area (Å²) in [6.07, 6.45) is 0. The molecule has 0 spiro atoms. The zero-order chi connectivity index (χ0) is 14.0. The monoisotopic (exact) mass is 259 g/mol. The molecule has 0 heterocycles. The van der Waals surface area contributed by atoms with Gasteiger partial charge in [0.05, 0.1) is 0 Å². The van der Waals surface area contributed by atoms with Crippen LogP contribution >= 0.6 is 0 Å². The van der Waals surface area contributed by atoms with Crippen molar-refractivity contribution in [3.63, 3.8) is 0 Å². The Morgan fingerprint density at radius 3 is 2.42 bits per heavy atom. The lowest BCUT2D eigenvalue weighted by molar-refractivity contribution is 0.475. The highest BCUT2D eigenvalue weighted by molar-refractivity contribution is 5.54. The van der Waals surface area contributed by atoms with Gasteiger partial charge in [0.25, 0.3) is 0 Å². The highest BCUT2D eigenvalue weighted by Gasteiger charge is 2.09. The van der Waals surface area contributed by atoms with E-state index in [2.05, 4.69) is 5.32 Å². The van der Waals surface area contributed by atoms with Gasteiger partial charge < -0.3 is 10.4 Å². The van der Waals surface area contributed by atoms with E-state index in [0.29, 0.717) is 5.56 Å². The van der Waals surface area contributed by atoms with E-state index in [1.807, 2.05) is 26.0 Å². The van der Waals surface area contributed by atoms with Crippen LogP contribution in [0.1, 0.15) is 29.7 Å². The van der Waals surface area contributed by atoms with Crippen molar-refractivity contribution in [3.05, 3.63) is 58.9 Å². The van der Waals surface area contributed by atoms with Gasteiger partial charge >= 0.3 is 0 Å². The first-order chi connectivity index (χ1) is 8.97. The molecule has 3 heteroatoms. The molecular weight excluding hydrogens is 241 g/mol. The number of rotatable bonds is 3. The molecular formula is C16H18FNO. The fourth-order valence-corrected chi connectivity index (χ4v) is 2.00. The molecule has 0 aliphatic carbocycles. The van der Waals surface area contributed by atoms with Gasteiger partial charge in [-0.2, -0.15) is 0 Å². The predicted octanol–water partition coefficient (Wildman–Crippen LogP) is 4.32. The molecule has 100 valence electrons. The minimum absolute atomic E-state index is 0.00153. The number of aryl methyl sites for hydroxylation is 2. The van der Waals surface area contributed by atoms with Crippen LogP contribution in [0.2, 0.25) is 0 Å². The van der Waals surface area contributed by atoms with E-state index in [-0.39, 0.29) is 17.6 Å². The number of hydrogen-bond acceptors (Lipinski definition) is 2. The second-order valence-electron chi connectivity index (χ2n) is 4.87. The average molecular weight is 259 g/mol. The lowest BCUT2D eigenvalue weighted by atomic mass is 10.0. The maximum absolute atomic E-state index is 13.5. The third kappa shape index (κ3) is 3.05. The molecule has 0 amide bonds. The number of anilines is 1. The normalized spacial score (nSPS) is 12.2. The summed E-state index contributed by atoms with van der Waals surface area (Å²) in [5, 5.41) is 12.7. The molecule has 0 saturated carbocycles. The van der Waals surface area contributed by atoms with Crippen LogP contribution in [0, 0.1) is 19.7 Å². The van der Waals surface area contributed by atoms with E-state index in [4.69, 9.17) is 0 Å². The van der Waals surface area contributed by atoms with Crippen LogP contribution in [0.3, 0.4) is 0 Å². The summed E-state index contributed by atoms with van der Waals surface area (Å²) in [6.45, 7) is 5.65. The van der Waals surface area contributed by atoms with Crippen LogP contribution in [0.25, 0.3) is 0 Å². The van der Waals surface area contributed by atoms with Gasteiger partial charge in [-0.05, 0) is 61.7 Å². The molecule has 0 aromatic heterocycles. The number of phenols is 1. The molecule has 2 aromatic carbocycles. The Bertz CT molecular complexity index is 595. The number of nitrogens with one attached hydrogen (secondary N) is 1. The number of hydrogen-bond donors (Lipinski definition) is 2. The lowest BCUT2D eigenvalue weighted by Gasteiger charge is -2.18. The highest BCUT2D eigenvalue weighted by Crippen LogP contribution is 2.25. The molecule has 0 bridgehead atoms. The summed E-state index contributed by atoms with van der Waals surface area (Å²) in [7, 11) is 0. The SMILES string of the molecule is Cc1ccc(C(C)Nc2ccc(O)cc2C)cc1F. The molecule has 2 rings (SSSR count). The lowest BCUT2D eigenvalue weighted by Crippen LogP contribution is -2.08. The van der Waals surface area contributed by atoms with Crippen molar-refractivity contribution < 1.29 is 9.50 Å². The van der Waals surface area contributed by atoms with Gasteiger partial charge in [-0.25, -0.2) is 4.39 Å². The first-order valence-corrected chi connectivity index (χ1v) is 6.29. The second kappa shape index (κ2) is 5.31. The smallest absolute Gasteiger partial charge is 0.126 e. The highest BCUT2D eigenvalue weighted by atomic mass is 19.1. The molecule has 0 saturated heterocycles. The van der Waals surface area contributed by atoms with Gasteiger partial charge in [0, 0.05) is 11.7 Å². The number of halogens is 1. The van der Waals surface area contributed by atoms with Gasteiger partial charge in [0.2, 0.25) is 0 Å². The third-order valence-corrected chi connectivity index (χ3v) is 3.28. The van der Waals surface area contributed by atoms with E-state index in [1.54, 1.807) is 31.2 Å². The van der Waals surface area contributed by atoms with Crippen molar-refractivity contribution in [2.75, 3.05) is 5.32 Å². The van der Waals surface area contributed by atoms with E-state index in [0.717, 1.165) is 16.8 Å². The van der Waals surface area contributed by atoms with Gasteiger partial charge in [-0.3, -0.25) is 0 Å². The van der Waals surface area contributed by atoms with E-state index in [9.17, 15) is 9.50 Å². The maximum atomic E-state index is 13.5. The minimum atomic E-state index is -0.187. The first-order valence-electron chi connectivity index (χ1n) is 6.29. The Labute approximate surface area is 112 Å². The van der Waals surface area contributed by atoms with Crippen LogP contribution < -0.4 is 5.32 Å². The largest absolute Gasteiger partial charge is 0.508 e. The molecule has 0 radical (unpaired) electrons. The topological polar surface area (TPSA) is 32.3 Å². The van der Waals surface area contributed by atoms with E-state index >= 15 is 0 Å². The second-order valence-corrected chi connectivity index (χ2v) is 4.87. The van der Waals surface area contributed by atoms with Crippen LogP contribution in [0.4, 0.5) is 10.1 Å². The molecule has 2 nitrogen and oxygen atoms in total. The molecule has 0 aliphatic heterocycles. The van der Waals surface area contributed by atoms with Gasteiger partial charge in [0.15, 0.2) is 0 Å². The average Bonchev–Trinajstić information content (AvgIpc) is 2.36. The van der Waals surface area contributed by atoms with Crippen molar-refractivity contribution in [2.45, 2.75) is 26.8 Å². The standard InChI is InChI=1S/C16H18FNO/c1-10-4-5-13(9-15(10)17)12(3)18-16-7-6-14(19)8-11(16)2/h4-9,12,18-19H,1-3H3. The summed E-state index contributed by atoms with van der Waals surface area (Å²) >= 11 is 0. The molecule has 2 N–H and O–H groups in total. The maximum Gasteiger partial charge on any atom is 0.126 e. The number of phenolic OH excluding ortho intramolecular Hbond substituents is 1. The predicted molar refractivity (Wildman–Crippen MR) is 76.0 cm³/mol. The van der Waals surface area contributed by atoms with Crippen LogP contribution in [-0.4, -0.2) is 5.11 Å². The molecule has 1 unspecified atom stereocenters.